The molecule has 0 heterocycles. The molecule has 0 aliphatic heterocycles. The average molecular weight is 704 g/mol. The molecule has 0 spiro atoms. The zero-order valence-electron chi connectivity index (χ0n) is 28.7. The average Bonchev–Trinajstić information content (AvgIpc) is 3.10. The number of carboxylic acids is 1. The van der Waals surface area contributed by atoms with Gasteiger partial charge in [-0.2, -0.15) is 0 Å². The molecule has 0 radical (unpaired) electrons. The van der Waals surface area contributed by atoms with E-state index in [0.29, 0.717) is 22.6 Å². The van der Waals surface area contributed by atoms with Gasteiger partial charge in [0.1, 0.15) is 12.3 Å². The summed E-state index contributed by atoms with van der Waals surface area (Å²) in [5, 5.41) is 14.5. The Bertz CT molecular complexity index is 1850. The van der Waals surface area contributed by atoms with E-state index in [0.717, 1.165) is 11.1 Å². The number of carbonyl (C=O) groups excluding carboxylic acids is 4. The number of hydrogen-bond donors (Lipinski definition) is 3. The van der Waals surface area contributed by atoms with Crippen molar-refractivity contribution in [2.24, 2.45) is 0 Å². The topological polar surface area (TPSA) is 149 Å². The fourth-order valence-corrected chi connectivity index (χ4v) is 5.13. The van der Waals surface area contributed by atoms with E-state index in [1.165, 1.54) is 27.7 Å². The number of carbonyl (C=O) groups is 5. The van der Waals surface area contributed by atoms with Crippen molar-refractivity contribution in [2.45, 2.75) is 26.7 Å². The van der Waals surface area contributed by atoms with Crippen LogP contribution in [0.2, 0.25) is 0 Å². The molecule has 4 aromatic rings. The summed E-state index contributed by atoms with van der Waals surface area (Å²) in [4.78, 5) is 68.8. The molecular weight excluding hydrogens is 661 g/mol. The molecule has 3 N–H and O–H groups in total. The molecule has 262 valence electrons. The molecule has 4 rings (SSSR count). The number of rotatable bonds is 13. The van der Waals surface area contributed by atoms with Gasteiger partial charge in [0.2, 0.25) is 11.8 Å². The monoisotopic (exact) mass is 703 g/mol. The van der Waals surface area contributed by atoms with Crippen molar-refractivity contribution in [3.63, 3.8) is 0 Å². The van der Waals surface area contributed by atoms with E-state index in [-0.39, 0.29) is 53.5 Å². The number of hydrogen-bond acceptors (Lipinski definition) is 6. The van der Waals surface area contributed by atoms with Crippen LogP contribution in [0.3, 0.4) is 0 Å². The minimum absolute atomic E-state index is 0. The Morgan fingerprint density at radius 1 is 0.745 bits per heavy atom. The van der Waals surface area contributed by atoms with Crippen molar-refractivity contribution in [2.75, 3.05) is 53.8 Å². The van der Waals surface area contributed by atoms with Crippen LogP contribution in [-0.4, -0.2) is 98.2 Å². The summed E-state index contributed by atoms with van der Waals surface area (Å²) in [6.45, 7) is 4.18. The molecule has 0 bridgehead atoms. The summed E-state index contributed by atoms with van der Waals surface area (Å²) in [5.41, 5.74) is 4.41. The van der Waals surface area contributed by atoms with Crippen molar-refractivity contribution in [3.8, 4) is 5.75 Å². The molecule has 1 unspecified atom stereocenters. The number of benzene rings is 4. The predicted octanol–water partition coefficient (Wildman–Crippen LogP) is 4.70. The van der Waals surface area contributed by atoms with E-state index in [4.69, 9.17) is 4.74 Å². The van der Waals surface area contributed by atoms with Crippen LogP contribution in [0.1, 0.15) is 29.5 Å². The SMILES string of the molecule is Cc1cc(C)cc(N(C)C(=O)COc2ccccc2N(CC(=O)N(C)c2ccccc2)C(=O)CNC(=O)Nc2cccc(C(C)C(=O)O)c2)c1.[NaH]. The third-order valence-corrected chi connectivity index (χ3v) is 8.00. The van der Waals surface area contributed by atoms with Gasteiger partial charge in [0.15, 0.2) is 6.61 Å². The normalized spacial score (nSPS) is 10.9. The Balaban J connectivity index is 0.00000702. The summed E-state index contributed by atoms with van der Waals surface area (Å²) in [7, 11) is 3.24. The second-order valence-electron chi connectivity index (χ2n) is 11.8. The third-order valence-electron chi connectivity index (χ3n) is 8.00. The molecule has 0 aliphatic carbocycles. The van der Waals surface area contributed by atoms with Crippen LogP contribution in [0.5, 0.6) is 5.75 Å². The summed E-state index contributed by atoms with van der Waals surface area (Å²) in [6.07, 6.45) is 0. The maximum absolute atomic E-state index is 13.8. The van der Waals surface area contributed by atoms with Gasteiger partial charge in [-0.3, -0.25) is 24.1 Å². The van der Waals surface area contributed by atoms with Gasteiger partial charge in [-0.25, -0.2) is 4.79 Å². The number of urea groups is 1. The maximum atomic E-state index is 13.8. The number of anilines is 4. The molecular formula is C38H42N5NaO7. The van der Waals surface area contributed by atoms with Gasteiger partial charge in [0.05, 0.1) is 18.2 Å². The van der Waals surface area contributed by atoms with Crippen LogP contribution < -0.4 is 30.1 Å². The van der Waals surface area contributed by atoms with Crippen LogP contribution in [0, 0.1) is 13.8 Å². The quantitative estimate of drug-likeness (QED) is 0.171. The zero-order valence-corrected chi connectivity index (χ0v) is 28.7. The number of nitrogens with one attached hydrogen (secondary N) is 2. The molecule has 0 aliphatic rings. The number of aryl methyl sites for hydroxylation is 2. The molecule has 0 fully saturated rings. The van der Waals surface area contributed by atoms with Crippen LogP contribution in [-0.2, 0) is 19.2 Å². The van der Waals surface area contributed by atoms with Crippen molar-refractivity contribution in [3.05, 3.63) is 114 Å². The Morgan fingerprint density at radius 3 is 2.04 bits per heavy atom. The van der Waals surface area contributed by atoms with Gasteiger partial charge >= 0.3 is 41.6 Å². The Labute approximate surface area is 319 Å². The number of aliphatic carboxylic acids is 1. The molecule has 13 heteroatoms. The third kappa shape index (κ3) is 11.2. The molecule has 5 amide bonds. The van der Waals surface area contributed by atoms with E-state index < -0.39 is 42.8 Å². The molecule has 4 aromatic carbocycles. The second-order valence-corrected chi connectivity index (χ2v) is 11.8. The molecule has 51 heavy (non-hydrogen) atoms. The van der Waals surface area contributed by atoms with Crippen molar-refractivity contribution < 1.29 is 33.8 Å². The first-order valence-electron chi connectivity index (χ1n) is 15.9. The molecule has 0 saturated carbocycles. The van der Waals surface area contributed by atoms with Gasteiger partial charge in [-0.1, -0.05) is 48.5 Å². The first-order valence-corrected chi connectivity index (χ1v) is 15.9. The number of para-hydroxylation sites is 3. The number of amides is 5. The van der Waals surface area contributed by atoms with E-state index in [1.54, 1.807) is 80.8 Å². The molecule has 0 aromatic heterocycles. The number of ether oxygens (including phenoxy) is 1. The Hall–Kier alpha value is -5.17. The first kappa shape index (κ1) is 40.3. The van der Waals surface area contributed by atoms with Crippen LogP contribution in [0.25, 0.3) is 0 Å². The molecule has 1 atom stereocenters. The van der Waals surface area contributed by atoms with Crippen LogP contribution in [0.15, 0.2) is 97.1 Å². The van der Waals surface area contributed by atoms with E-state index in [1.807, 2.05) is 38.1 Å². The van der Waals surface area contributed by atoms with E-state index in [9.17, 15) is 29.1 Å². The fourth-order valence-electron chi connectivity index (χ4n) is 5.13. The van der Waals surface area contributed by atoms with Crippen molar-refractivity contribution >= 4 is 82.0 Å². The van der Waals surface area contributed by atoms with Crippen molar-refractivity contribution in [1.29, 1.82) is 0 Å². The summed E-state index contributed by atoms with van der Waals surface area (Å²) < 4.78 is 5.96. The van der Waals surface area contributed by atoms with Gasteiger partial charge in [-0.05, 0) is 86.0 Å². The summed E-state index contributed by atoms with van der Waals surface area (Å²) in [5.74, 6) is -2.98. The first-order chi connectivity index (χ1) is 23.8. The van der Waals surface area contributed by atoms with Crippen molar-refractivity contribution in [1.82, 2.24) is 5.32 Å². The van der Waals surface area contributed by atoms with Crippen LogP contribution in [0.4, 0.5) is 27.5 Å². The van der Waals surface area contributed by atoms with Gasteiger partial charge in [-0.15, -0.1) is 0 Å². The van der Waals surface area contributed by atoms with E-state index in [2.05, 4.69) is 10.6 Å². The zero-order chi connectivity index (χ0) is 36.4. The fraction of sp³-hybridized carbons (Fsp3) is 0.237. The summed E-state index contributed by atoms with van der Waals surface area (Å²) in [6, 6.07) is 26.9. The number of carboxylic acid groups (broad SMARTS) is 1. The van der Waals surface area contributed by atoms with E-state index >= 15 is 0 Å². The van der Waals surface area contributed by atoms with Gasteiger partial charge in [0, 0.05) is 31.2 Å². The predicted molar refractivity (Wildman–Crippen MR) is 200 cm³/mol. The Kier molecular flexibility index (Phi) is 14.8. The van der Waals surface area contributed by atoms with Crippen LogP contribution >= 0.6 is 0 Å². The second kappa shape index (κ2) is 18.7. The number of likely N-dealkylation sites (N-methyl/N-ethyl adjacent to an activating group) is 2. The molecule has 12 nitrogen and oxygen atoms in total. The minimum atomic E-state index is -1.01. The Morgan fingerprint density at radius 2 is 1.37 bits per heavy atom. The molecule has 0 saturated heterocycles. The van der Waals surface area contributed by atoms with Gasteiger partial charge < -0.3 is 30.3 Å². The summed E-state index contributed by atoms with van der Waals surface area (Å²) >= 11 is 0. The standard InChI is InChI=1S/C38H41N5O7.Na.H/c1-25-18-26(2)20-31(19-25)42(5)36(46)24-50-33-17-10-9-16-32(33)43(23-35(45)41(4)30-14-7-6-8-15-30)34(44)22-39-38(49)40-29-13-11-12-28(21-29)27(3)37(47)48;;/h6-21,27H,22-24H2,1-5H3,(H,47,48)(H2,39,40,49);;. The van der Waals surface area contributed by atoms with Gasteiger partial charge in [0.25, 0.3) is 5.91 Å². The number of nitrogens with zero attached hydrogens (tertiary/aromatic N) is 3.